The van der Waals surface area contributed by atoms with E-state index >= 15 is 0 Å². The molecule has 0 fully saturated rings. The molecule has 0 aromatic rings. The van der Waals surface area contributed by atoms with Gasteiger partial charge in [0.15, 0.2) is 0 Å². The summed E-state index contributed by atoms with van der Waals surface area (Å²) in [5, 5.41) is -6.80. The van der Waals surface area contributed by atoms with Gasteiger partial charge in [-0.05, 0) is 12.8 Å². The Hall–Kier alpha value is -0.690. The normalized spacial score (nSPS) is 14.9. The van der Waals surface area contributed by atoms with Crippen LogP contribution in [0.1, 0.15) is 32.6 Å². The van der Waals surface area contributed by atoms with Gasteiger partial charge in [0, 0.05) is 19.6 Å². The van der Waals surface area contributed by atoms with Gasteiger partial charge in [-0.2, -0.15) is 43.5 Å². The first-order chi connectivity index (χ1) is 10.6. The Bertz CT molecular complexity index is 506. The van der Waals surface area contributed by atoms with Crippen molar-refractivity contribution in [1.82, 2.24) is 0 Å². The average molecular weight is 396 g/mol. The SMILES string of the molecule is CCCCOCCCC(F)(F)C(F)(F)C(F)(F)C(F)(F)S(=O)(=O)O. The topological polar surface area (TPSA) is 63.6 Å². The Morgan fingerprint density at radius 1 is 0.875 bits per heavy atom. The van der Waals surface area contributed by atoms with Gasteiger partial charge in [-0.1, -0.05) is 13.3 Å². The second kappa shape index (κ2) is 7.68. The summed E-state index contributed by atoms with van der Waals surface area (Å²) in [6, 6.07) is 0. The van der Waals surface area contributed by atoms with Gasteiger partial charge in [-0.15, -0.1) is 0 Å². The van der Waals surface area contributed by atoms with Gasteiger partial charge in [0.2, 0.25) is 0 Å². The maximum Gasteiger partial charge on any atom is 0.438 e. The lowest BCUT2D eigenvalue weighted by Gasteiger charge is -2.35. The number of rotatable bonds is 11. The molecule has 4 nitrogen and oxygen atoms in total. The van der Waals surface area contributed by atoms with E-state index in [0.29, 0.717) is 12.8 Å². The minimum absolute atomic E-state index is 0.107. The molecular weight excluding hydrogens is 380 g/mol. The highest BCUT2D eigenvalue weighted by molar-refractivity contribution is 7.87. The zero-order valence-corrected chi connectivity index (χ0v) is 13.2. The molecule has 0 aromatic heterocycles. The Morgan fingerprint density at radius 2 is 1.33 bits per heavy atom. The minimum atomic E-state index is -7.06. The maximum absolute atomic E-state index is 13.3. The van der Waals surface area contributed by atoms with Gasteiger partial charge in [-0.3, -0.25) is 4.55 Å². The molecule has 0 saturated heterocycles. The largest absolute Gasteiger partial charge is 0.438 e. The van der Waals surface area contributed by atoms with Crippen LogP contribution < -0.4 is 0 Å². The van der Waals surface area contributed by atoms with Gasteiger partial charge < -0.3 is 4.74 Å². The van der Waals surface area contributed by atoms with Crippen LogP contribution in [0.4, 0.5) is 35.1 Å². The number of ether oxygens (including phenoxy) is 1. The van der Waals surface area contributed by atoms with Gasteiger partial charge in [0.05, 0.1) is 0 Å². The van der Waals surface area contributed by atoms with Gasteiger partial charge >= 0.3 is 33.1 Å². The molecule has 0 aromatic carbocycles. The van der Waals surface area contributed by atoms with E-state index < -0.39 is 52.6 Å². The Kier molecular flexibility index (Phi) is 7.46. The molecular formula is C11H16F8O4S. The van der Waals surface area contributed by atoms with E-state index in [9.17, 15) is 43.5 Å². The molecule has 0 atom stereocenters. The fraction of sp³-hybridized carbons (Fsp3) is 1.00. The van der Waals surface area contributed by atoms with Crippen molar-refractivity contribution in [3.63, 3.8) is 0 Å². The first kappa shape index (κ1) is 23.3. The van der Waals surface area contributed by atoms with Crippen LogP contribution in [0.5, 0.6) is 0 Å². The lowest BCUT2D eigenvalue weighted by atomic mass is 10.0. The second-order valence-corrected chi connectivity index (χ2v) is 6.38. The summed E-state index contributed by atoms with van der Waals surface area (Å²) in [6.07, 6.45) is -1.60. The number of hydrogen-bond donors (Lipinski definition) is 1. The molecule has 0 radical (unpaired) electrons. The van der Waals surface area contributed by atoms with Crippen molar-refractivity contribution in [2.45, 2.75) is 55.6 Å². The van der Waals surface area contributed by atoms with E-state index in [4.69, 9.17) is 9.29 Å². The molecule has 146 valence electrons. The van der Waals surface area contributed by atoms with Crippen LogP contribution in [0.25, 0.3) is 0 Å². The van der Waals surface area contributed by atoms with Crippen LogP contribution in [0.3, 0.4) is 0 Å². The highest BCUT2D eigenvalue weighted by Crippen LogP contribution is 2.55. The minimum Gasteiger partial charge on any atom is -0.381 e. The maximum atomic E-state index is 13.3. The Morgan fingerprint density at radius 3 is 1.75 bits per heavy atom. The number of unbranched alkanes of at least 4 members (excludes halogenated alkanes) is 1. The van der Waals surface area contributed by atoms with E-state index in [1.807, 2.05) is 0 Å². The smallest absolute Gasteiger partial charge is 0.381 e. The molecule has 0 aliphatic rings. The molecule has 1 N–H and O–H groups in total. The Labute approximate surface area is 132 Å². The molecule has 0 aliphatic heterocycles. The summed E-state index contributed by atoms with van der Waals surface area (Å²) in [5.41, 5.74) is 0. The van der Waals surface area contributed by atoms with Crippen LogP contribution >= 0.6 is 0 Å². The highest BCUT2D eigenvalue weighted by Gasteiger charge is 2.84. The second-order valence-electron chi connectivity index (χ2n) is 4.91. The molecule has 0 amide bonds. The molecule has 0 aliphatic carbocycles. The lowest BCUT2D eigenvalue weighted by Crippen LogP contribution is -2.64. The fourth-order valence-electron chi connectivity index (χ4n) is 1.48. The highest BCUT2D eigenvalue weighted by atomic mass is 32.2. The number of alkyl halides is 8. The van der Waals surface area contributed by atoms with E-state index in [-0.39, 0.29) is 6.61 Å². The fourth-order valence-corrected chi connectivity index (χ4v) is 1.93. The van der Waals surface area contributed by atoms with Crippen LogP contribution in [-0.2, 0) is 14.9 Å². The van der Waals surface area contributed by atoms with E-state index in [0.717, 1.165) is 0 Å². The van der Waals surface area contributed by atoms with Crippen LogP contribution in [-0.4, -0.2) is 49.2 Å². The first-order valence-corrected chi connectivity index (χ1v) is 8.06. The molecule has 24 heavy (non-hydrogen) atoms. The summed E-state index contributed by atoms with van der Waals surface area (Å²) in [5.74, 6) is -19.4. The molecule has 0 heterocycles. The van der Waals surface area contributed by atoms with E-state index in [1.54, 1.807) is 6.92 Å². The molecule has 0 rings (SSSR count). The van der Waals surface area contributed by atoms with Crippen molar-refractivity contribution in [3.8, 4) is 0 Å². The predicted octanol–water partition coefficient (Wildman–Crippen LogP) is 3.97. The van der Waals surface area contributed by atoms with Gasteiger partial charge in [0.25, 0.3) is 0 Å². The van der Waals surface area contributed by atoms with Crippen LogP contribution in [0.15, 0.2) is 0 Å². The molecule has 0 bridgehead atoms. The zero-order valence-electron chi connectivity index (χ0n) is 12.3. The van der Waals surface area contributed by atoms with Crippen LogP contribution in [0.2, 0.25) is 0 Å². The summed E-state index contributed by atoms with van der Waals surface area (Å²) in [4.78, 5) is 0. The first-order valence-electron chi connectivity index (χ1n) is 6.62. The lowest BCUT2D eigenvalue weighted by molar-refractivity contribution is -0.349. The van der Waals surface area contributed by atoms with Crippen molar-refractivity contribution < 1.29 is 52.8 Å². The summed E-state index contributed by atoms with van der Waals surface area (Å²) < 4.78 is 138. The predicted molar refractivity (Wildman–Crippen MR) is 66.3 cm³/mol. The third kappa shape index (κ3) is 4.48. The van der Waals surface area contributed by atoms with Crippen molar-refractivity contribution >= 4 is 10.1 Å². The Balaban J connectivity index is 5.18. The van der Waals surface area contributed by atoms with Crippen molar-refractivity contribution in [3.05, 3.63) is 0 Å². The number of hydrogen-bond acceptors (Lipinski definition) is 3. The molecule has 0 saturated carbocycles. The van der Waals surface area contributed by atoms with Crippen molar-refractivity contribution in [2.24, 2.45) is 0 Å². The summed E-state index contributed by atoms with van der Waals surface area (Å²) >= 11 is 0. The molecule has 0 spiro atoms. The summed E-state index contributed by atoms with van der Waals surface area (Å²) in [6.45, 7) is 1.37. The van der Waals surface area contributed by atoms with Gasteiger partial charge in [0.1, 0.15) is 0 Å². The third-order valence-corrected chi connectivity index (χ3v) is 3.87. The monoisotopic (exact) mass is 396 g/mol. The van der Waals surface area contributed by atoms with Gasteiger partial charge in [-0.25, -0.2) is 0 Å². The average Bonchev–Trinajstić information content (AvgIpc) is 2.40. The molecule has 13 heteroatoms. The standard InChI is InChI=1S/C11H16F8O4S/c1-2-3-6-23-7-4-5-8(12,13)9(14,15)10(16,17)11(18,19)24(20,21)22/h2-7H2,1H3,(H,20,21,22). The number of halogens is 8. The third-order valence-electron chi connectivity index (χ3n) is 2.96. The summed E-state index contributed by atoms with van der Waals surface area (Å²) in [7, 11) is -7.06. The van der Waals surface area contributed by atoms with Crippen molar-refractivity contribution in [2.75, 3.05) is 13.2 Å². The van der Waals surface area contributed by atoms with E-state index in [2.05, 4.69) is 0 Å². The van der Waals surface area contributed by atoms with E-state index in [1.165, 1.54) is 0 Å². The molecule has 0 unspecified atom stereocenters. The van der Waals surface area contributed by atoms with Crippen molar-refractivity contribution in [1.29, 1.82) is 0 Å². The van der Waals surface area contributed by atoms with Crippen LogP contribution in [0, 0.1) is 0 Å². The zero-order chi connectivity index (χ0) is 19.4. The quantitative estimate of drug-likeness (QED) is 0.326.